The summed E-state index contributed by atoms with van der Waals surface area (Å²) in [7, 11) is 5.50. The van der Waals surface area contributed by atoms with Gasteiger partial charge in [-0.25, -0.2) is 15.0 Å². The molecule has 0 aliphatic carbocycles. The molecule has 2 N–H and O–H groups in total. The van der Waals surface area contributed by atoms with E-state index in [1.807, 2.05) is 49.5 Å². The molecule has 8 heteroatoms. The van der Waals surface area contributed by atoms with Gasteiger partial charge in [-0.15, -0.1) is 0 Å². The number of ether oxygens (including phenoxy) is 1. The van der Waals surface area contributed by atoms with Crippen LogP contribution in [0, 0.1) is 0 Å². The zero-order chi connectivity index (χ0) is 24.1. The monoisotopic (exact) mass is 456 g/mol. The van der Waals surface area contributed by atoms with Crippen LogP contribution in [0.4, 0.5) is 5.69 Å². The third kappa shape index (κ3) is 5.29. The largest absolute Gasteiger partial charge is 0.497 e. The summed E-state index contributed by atoms with van der Waals surface area (Å²) < 4.78 is 5.48. The molecule has 4 aromatic rings. The number of amides is 1. The second-order valence-electron chi connectivity index (χ2n) is 8.17. The van der Waals surface area contributed by atoms with Gasteiger partial charge in [0.15, 0.2) is 0 Å². The number of aryl methyl sites for hydroxylation is 1. The highest BCUT2D eigenvalue weighted by atomic mass is 16.5. The van der Waals surface area contributed by atoms with Gasteiger partial charge in [0.1, 0.15) is 17.7 Å². The van der Waals surface area contributed by atoms with E-state index in [2.05, 4.69) is 38.2 Å². The van der Waals surface area contributed by atoms with Crippen molar-refractivity contribution in [2.75, 3.05) is 33.1 Å². The lowest BCUT2D eigenvalue weighted by molar-refractivity contribution is -0.111. The van der Waals surface area contributed by atoms with Crippen LogP contribution < -0.4 is 10.1 Å². The highest BCUT2D eigenvalue weighted by Crippen LogP contribution is 2.33. The first-order valence-corrected chi connectivity index (χ1v) is 11.1. The summed E-state index contributed by atoms with van der Waals surface area (Å²) in [5.41, 5.74) is 5.99. The molecule has 0 atom stereocenters. The molecule has 0 unspecified atom stereocenters. The van der Waals surface area contributed by atoms with Crippen LogP contribution in [-0.4, -0.2) is 58.5 Å². The topological polar surface area (TPSA) is 96.0 Å². The Morgan fingerprint density at radius 1 is 1.12 bits per heavy atom. The minimum atomic E-state index is -0.196. The highest BCUT2D eigenvalue weighted by molar-refractivity contribution is 6.00. The lowest BCUT2D eigenvalue weighted by Crippen LogP contribution is -2.13. The van der Waals surface area contributed by atoms with Gasteiger partial charge >= 0.3 is 0 Å². The average Bonchev–Trinajstić information content (AvgIpc) is 3.27. The van der Waals surface area contributed by atoms with Crippen LogP contribution >= 0.6 is 0 Å². The Balaban J connectivity index is 1.69. The Kier molecular flexibility index (Phi) is 6.98. The fourth-order valence-corrected chi connectivity index (χ4v) is 3.62. The normalized spacial score (nSPS) is 11.4. The molecule has 0 spiro atoms. The number of methoxy groups -OCH3 is 1. The molecule has 3 aromatic heterocycles. The molecular formula is C26H28N6O2. The molecular weight excluding hydrogens is 428 g/mol. The molecule has 0 saturated carbocycles. The SMILES string of the molecule is CCc1cc(-c2c[nH]c3ncc(-c4cc(NC(=O)/C=C/CN(C)C)cc(OC)c4)cc23)ncn1. The molecule has 0 aliphatic heterocycles. The first kappa shape index (κ1) is 23.1. The predicted molar refractivity (Wildman–Crippen MR) is 135 cm³/mol. The molecule has 0 radical (unpaired) electrons. The van der Waals surface area contributed by atoms with E-state index in [9.17, 15) is 4.79 Å². The van der Waals surface area contributed by atoms with Crippen molar-refractivity contribution in [2.24, 2.45) is 0 Å². The summed E-state index contributed by atoms with van der Waals surface area (Å²) in [6.45, 7) is 2.76. The smallest absolute Gasteiger partial charge is 0.248 e. The van der Waals surface area contributed by atoms with E-state index in [1.54, 1.807) is 25.7 Å². The van der Waals surface area contributed by atoms with Gasteiger partial charge in [-0.1, -0.05) is 13.0 Å². The Bertz CT molecular complexity index is 1340. The summed E-state index contributed by atoms with van der Waals surface area (Å²) in [5.74, 6) is 0.445. The number of H-pyrrole nitrogens is 1. The molecule has 0 aliphatic rings. The molecule has 0 fully saturated rings. The van der Waals surface area contributed by atoms with E-state index in [0.29, 0.717) is 18.0 Å². The molecule has 4 rings (SSSR count). The predicted octanol–water partition coefficient (Wildman–Crippen LogP) is 4.31. The van der Waals surface area contributed by atoms with Gasteiger partial charge in [0.05, 0.1) is 12.8 Å². The second kappa shape index (κ2) is 10.3. The van der Waals surface area contributed by atoms with Crippen LogP contribution in [0.5, 0.6) is 5.75 Å². The summed E-state index contributed by atoms with van der Waals surface area (Å²) >= 11 is 0. The Morgan fingerprint density at radius 2 is 1.97 bits per heavy atom. The number of carbonyl (C=O) groups excluding carboxylic acids is 1. The van der Waals surface area contributed by atoms with Crippen molar-refractivity contribution in [2.45, 2.75) is 13.3 Å². The van der Waals surface area contributed by atoms with Crippen molar-refractivity contribution in [3.63, 3.8) is 0 Å². The van der Waals surface area contributed by atoms with E-state index in [4.69, 9.17) is 4.74 Å². The van der Waals surface area contributed by atoms with E-state index in [1.165, 1.54) is 6.08 Å². The number of nitrogens with zero attached hydrogens (tertiary/aromatic N) is 4. The fraction of sp³-hybridized carbons (Fsp3) is 0.231. The van der Waals surface area contributed by atoms with E-state index >= 15 is 0 Å². The molecule has 0 bridgehead atoms. The van der Waals surface area contributed by atoms with Crippen molar-refractivity contribution in [1.29, 1.82) is 0 Å². The van der Waals surface area contributed by atoms with Crippen molar-refractivity contribution < 1.29 is 9.53 Å². The van der Waals surface area contributed by atoms with Crippen molar-refractivity contribution in [1.82, 2.24) is 24.8 Å². The second-order valence-corrected chi connectivity index (χ2v) is 8.17. The fourth-order valence-electron chi connectivity index (χ4n) is 3.62. The number of hydrogen-bond donors (Lipinski definition) is 2. The quantitative estimate of drug-likeness (QED) is 0.384. The van der Waals surface area contributed by atoms with Crippen molar-refractivity contribution in [3.8, 4) is 28.1 Å². The van der Waals surface area contributed by atoms with Crippen LogP contribution in [0.15, 0.2) is 61.2 Å². The van der Waals surface area contributed by atoms with Crippen molar-refractivity contribution >= 4 is 22.6 Å². The van der Waals surface area contributed by atoms with Crippen LogP contribution in [0.3, 0.4) is 0 Å². The first-order chi connectivity index (χ1) is 16.5. The number of likely N-dealkylation sites (N-methyl/N-ethyl adjacent to an activating group) is 1. The third-order valence-electron chi connectivity index (χ3n) is 5.38. The molecule has 8 nitrogen and oxygen atoms in total. The Labute approximate surface area is 198 Å². The van der Waals surface area contributed by atoms with E-state index in [-0.39, 0.29) is 5.91 Å². The summed E-state index contributed by atoms with van der Waals surface area (Å²) in [5, 5.41) is 3.87. The maximum absolute atomic E-state index is 12.3. The number of benzene rings is 1. The van der Waals surface area contributed by atoms with Crippen LogP contribution in [0.25, 0.3) is 33.4 Å². The zero-order valence-electron chi connectivity index (χ0n) is 19.8. The molecule has 34 heavy (non-hydrogen) atoms. The average molecular weight is 457 g/mol. The summed E-state index contributed by atoms with van der Waals surface area (Å²) in [6, 6.07) is 9.70. The number of hydrogen-bond acceptors (Lipinski definition) is 6. The minimum Gasteiger partial charge on any atom is -0.497 e. The van der Waals surface area contributed by atoms with Gasteiger partial charge < -0.3 is 19.9 Å². The highest BCUT2D eigenvalue weighted by Gasteiger charge is 2.12. The number of nitrogens with one attached hydrogen (secondary N) is 2. The van der Waals surface area contributed by atoms with Crippen LogP contribution in [-0.2, 0) is 11.2 Å². The van der Waals surface area contributed by atoms with E-state index in [0.717, 1.165) is 45.5 Å². The number of rotatable bonds is 8. The van der Waals surface area contributed by atoms with Gasteiger partial charge in [0.25, 0.3) is 0 Å². The summed E-state index contributed by atoms with van der Waals surface area (Å²) in [4.78, 5) is 30.9. The number of carbonyl (C=O) groups is 1. The van der Waals surface area contributed by atoms with Gasteiger partial charge in [-0.05, 0) is 50.3 Å². The van der Waals surface area contributed by atoms with Crippen molar-refractivity contribution in [3.05, 3.63) is 66.9 Å². The number of pyridine rings is 1. The zero-order valence-corrected chi connectivity index (χ0v) is 19.8. The molecule has 1 amide bonds. The first-order valence-electron chi connectivity index (χ1n) is 11.1. The maximum atomic E-state index is 12.3. The standard InChI is InChI=1S/C26H28N6O2/c1-5-19-13-24(30-16-29-19)23-15-28-26-22(23)11-18(14-27-26)17-9-20(12-21(10-17)34-4)31-25(33)7-6-8-32(2)3/h6-7,9-16H,5,8H2,1-4H3,(H,27,28)(H,31,33)/b7-6+. The van der Waals surface area contributed by atoms with Gasteiger partial charge in [-0.3, -0.25) is 4.79 Å². The lowest BCUT2D eigenvalue weighted by atomic mass is 10.0. The number of aromatic nitrogens is 4. The van der Waals surface area contributed by atoms with Gasteiger partial charge in [0, 0.05) is 59.0 Å². The lowest BCUT2D eigenvalue weighted by Gasteiger charge is -2.10. The molecule has 1 aromatic carbocycles. The number of aromatic amines is 1. The number of anilines is 1. The Hall–Kier alpha value is -4.04. The Morgan fingerprint density at radius 3 is 2.74 bits per heavy atom. The maximum Gasteiger partial charge on any atom is 0.248 e. The molecule has 3 heterocycles. The van der Waals surface area contributed by atoms with Gasteiger partial charge in [-0.2, -0.15) is 0 Å². The number of fused-ring (bicyclic) bond motifs is 1. The summed E-state index contributed by atoms with van der Waals surface area (Å²) in [6.07, 6.45) is 9.50. The molecule has 0 saturated heterocycles. The van der Waals surface area contributed by atoms with E-state index < -0.39 is 0 Å². The van der Waals surface area contributed by atoms with Crippen LogP contribution in [0.2, 0.25) is 0 Å². The van der Waals surface area contributed by atoms with Crippen LogP contribution in [0.1, 0.15) is 12.6 Å². The van der Waals surface area contributed by atoms with Gasteiger partial charge in [0.2, 0.25) is 5.91 Å². The minimum absolute atomic E-state index is 0.196. The third-order valence-corrected chi connectivity index (χ3v) is 5.38. The molecule has 174 valence electrons.